The second-order valence-electron chi connectivity index (χ2n) is 20.8. The predicted molar refractivity (Wildman–Crippen MR) is 223 cm³/mol. The SMILES string of the molecule is CN(C)C(=O)C(C)(C)C(C)(C)C(C)(C)C(C)(C)O.CN(C)C(=O)C(C)(C)C(C)(C)C(C)(C)O.CN(C)C(=O)C(C)(C)C(C)(C)O.CN(C)C(=O)C(C)(C)O. The zero-order valence-corrected chi connectivity index (χ0v) is 40.2. The first-order valence-corrected chi connectivity index (χ1v) is 18.7. The van der Waals surface area contributed by atoms with Gasteiger partial charge in [-0.15, -0.1) is 0 Å². The summed E-state index contributed by atoms with van der Waals surface area (Å²) in [7, 11) is 13.6. The van der Waals surface area contributed by atoms with Gasteiger partial charge in [0, 0.05) is 67.2 Å². The number of carbonyl (C=O) groups is 4. The first-order valence-electron chi connectivity index (χ1n) is 18.7. The molecule has 4 amide bonds. The van der Waals surface area contributed by atoms with Crippen LogP contribution in [0.25, 0.3) is 0 Å². The third kappa shape index (κ3) is 14.0. The molecule has 0 saturated heterocycles. The molecule has 0 atom stereocenters. The van der Waals surface area contributed by atoms with Crippen LogP contribution in [0.2, 0.25) is 0 Å². The van der Waals surface area contributed by atoms with E-state index in [9.17, 15) is 34.5 Å². The molecule has 0 rings (SSSR count). The molecule has 0 spiro atoms. The molecule has 54 heavy (non-hydrogen) atoms. The Kier molecular flexibility index (Phi) is 20.3. The molecule has 12 heteroatoms. The molecule has 0 radical (unpaired) electrons. The van der Waals surface area contributed by atoms with Crippen LogP contribution in [0.4, 0.5) is 0 Å². The van der Waals surface area contributed by atoms with Crippen LogP contribution in [0.15, 0.2) is 0 Å². The van der Waals surface area contributed by atoms with Gasteiger partial charge < -0.3 is 40.0 Å². The van der Waals surface area contributed by atoms with Crippen molar-refractivity contribution in [2.24, 2.45) is 32.5 Å². The zero-order chi connectivity index (χ0) is 45.6. The Balaban J connectivity index is -0.000000318. The standard InChI is InChI=1S/C15H31NO2.C12H25NO2.C9H19NO2.C6H13NO2/c1-12(2,11(17)16(9)10)13(3,4)14(5,6)15(7,8)18;1-10(2,9(14)13(7)8)11(3,4)12(5,6)15;1-8(2,9(3,4)12)7(11)10(5)6;1-6(2,9)5(8)7(3)4/h18H,1-10H3;15H,1-8H3;12H,1-6H3;9H,1-4H3. The Bertz CT molecular complexity index is 1230. The minimum absolute atomic E-state index is 0.0367. The molecule has 0 unspecified atom stereocenters. The number of nitrogens with zero attached hydrogens (tertiary/aromatic N) is 4. The average molecular weight is 777 g/mol. The zero-order valence-electron chi connectivity index (χ0n) is 40.2. The van der Waals surface area contributed by atoms with Crippen molar-refractivity contribution in [2.75, 3.05) is 56.4 Å². The molecule has 0 aliphatic heterocycles. The summed E-state index contributed by atoms with van der Waals surface area (Å²) >= 11 is 0. The Hall–Kier alpha value is -2.28. The van der Waals surface area contributed by atoms with Gasteiger partial charge in [-0.3, -0.25) is 19.2 Å². The van der Waals surface area contributed by atoms with Crippen LogP contribution < -0.4 is 0 Å². The van der Waals surface area contributed by atoms with Crippen LogP contribution in [-0.4, -0.2) is 142 Å². The summed E-state index contributed by atoms with van der Waals surface area (Å²) in [6.45, 7) is 36.5. The molecule has 0 saturated carbocycles. The van der Waals surface area contributed by atoms with E-state index in [0.717, 1.165) is 0 Å². The maximum atomic E-state index is 12.4. The van der Waals surface area contributed by atoms with E-state index >= 15 is 0 Å². The van der Waals surface area contributed by atoms with Crippen LogP contribution >= 0.6 is 0 Å². The Morgan fingerprint density at radius 2 is 0.500 bits per heavy atom. The highest BCUT2D eigenvalue weighted by atomic mass is 16.3. The highest BCUT2D eigenvalue weighted by Crippen LogP contribution is 2.56. The third-order valence-corrected chi connectivity index (χ3v) is 13.0. The smallest absolute Gasteiger partial charge is 0.253 e. The molecule has 0 fully saturated rings. The molecule has 0 aliphatic rings. The monoisotopic (exact) mass is 777 g/mol. The lowest BCUT2D eigenvalue weighted by molar-refractivity contribution is -0.170. The van der Waals surface area contributed by atoms with Gasteiger partial charge >= 0.3 is 0 Å². The lowest BCUT2D eigenvalue weighted by Crippen LogP contribution is -2.58. The van der Waals surface area contributed by atoms with Crippen LogP contribution in [0.1, 0.15) is 138 Å². The van der Waals surface area contributed by atoms with Crippen molar-refractivity contribution in [3.05, 3.63) is 0 Å². The van der Waals surface area contributed by atoms with Crippen molar-refractivity contribution in [2.45, 2.75) is 161 Å². The molecule has 0 bridgehead atoms. The van der Waals surface area contributed by atoms with E-state index in [4.69, 9.17) is 5.11 Å². The molecular formula is C42H88N4O8. The summed E-state index contributed by atoms with van der Waals surface area (Å²) in [4.78, 5) is 53.0. The molecule has 0 aromatic rings. The van der Waals surface area contributed by atoms with Gasteiger partial charge in [-0.25, -0.2) is 0 Å². The maximum absolute atomic E-state index is 12.4. The van der Waals surface area contributed by atoms with Crippen molar-refractivity contribution in [1.29, 1.82) is 0 Å². The van der Waals surface area contributed by atoms with Gasteiger partial charge in [0.15, 0.2) is 0 Å². The van der Waals surface area contributed by atoms with E-state index in [0.29, 0.717) is 0 Å². The summed E-state index contributed by atoms with van der Waals surface area (Å²) in [5.41, 5.74) is -7.15. The van der Waals surface area contributed by atoms with E-state index in [-0.39, 0.29) is 29.0 Å². The highest BCUT2D eigenvalue weighted by molar-refractivity contribution is 5.84. The van der Waals surface area contributed by atoms with Crippen LogP contribution in [-0.2, 0) is 19.2 Å². The third-order valence-electron chi connectivity index (χ3n) is 13.0. The molecule has 324 valence electrons. The summed E-state index contributed by atoms with van der Waals surface area (Å²) < 4.78 is 0. The second kappa shape index (κ2) is 18.8. The Morgan fingerprint density at radius 1 is 0.296 bits per heavy atom. The quantitative estimate of drug-likeness (QED) is 0.225. The van der Waals surface area contributed by atoms with Crippen molar-refractivity contribution in [1.82, 2.24) is 19.6 Å². The fraction of sp³-hybridized carbons (Fsp3) is 0.905. The van der Waals surface area contributed by atoms with Gasteiger partial charge in [-0.2, -0.15) is 0 Å². The van der Waals surface area contributed by atoms with Crippen molar-refractivity contribution in [3.63, 3.8) is 0 Å². The van der Waals surface area contributed by atoms with E-state index in [1.807, 2.05) is 69.2 Å². The second-order valence-corrected chi connectivity index (χ2v) is 20.8. The lowest BCUT2D eigenvalue weighted by Gasteiger charge is -2.56. The molecular weight excluding hydrogens is 688 g/mol. The Morgan fingerprint density at radius 3 is 0.630 bits per heavy atom. The summed E-state index contributed by atoms with van der Waals surface area (Å²) in [6, 6.07) is 0. The molecule has 0 aromatic carbocycles. The van der Waals surface area contributed by atoms with Gasteiger partial charge in [-0.05, 0) is 80.1 Å². The summed E-state index contributed by atoms with van der Waals surface area (Å²) in [6.07, 6.45) is 0. The average Bonchev–Trinajstić information content (AvgIpc) is 2.93. The number of amides is 4. The first kappa shape index (κ1) is 58.4. The summed E-state index contributed by atoms with van der Waals surface area (Å²) in [5.74, 6) is -0.211. The van der Waals surface area contributed by atoms with Crippen molar-refractivity contribution >= 4 is 23.6 Å². The number of hydrogen-bond donors (Lipinski definition) is 4. The van der Waals surface area contributed by atoms with Crippen molar-refractivity contribution in [3.8, 4) is 0 Å². The van der Waals surface area contributed by atoms with E-state index in [2.05, 4.69) is 13.8 Å². The van der Waals surface area contributed by atoms with Gasteiger partial charge in [0.25, 0.3) is 5.91 Å². The van der Waals surface area contributed by atoms with Crippen molar-refractivity contribution < 1.29 is 39.6 Å². The fourth-order valence-electron chi connectivity index (χ4n) is 5.33. The number of likely N-dealkylation sites (N-methyl/N-ethyl adjacent to an activating group) is 1. The number of carbonyl (C=O) groups excluding carboxylic acids is 4. The molecule has 0 heterocycles. The number of aliphatic hydroxyl groups is 4. The van der Waals surface area contributed by atoms with Crippen LogP contribution in [0, 0.1) is 32.5 Å². The van der Waals surface area contributed by atoms with Crippen LogP contribution in [0.5, 0.6) is 0 Å². The Labute approximate surface area is 332 Å². The highest BCUT2D eigenvalue weighted by Gasteiger charge is 2.57. The first-order chi connectivity index (χ1) is 22.9. The van der Waals surface area contributed by atoms with Gasteiger partial charge in [-0.1, -0.05) is 69.2 Å². The van der Waals surface area contributed by atoms with Gasteiger partial charge in [0.2, 0.25) is 17.7 Å². The van der Waals surface area contributed by atoms with E-state index < -0.39 is 49.5 Å². The normalized spacial score (nSPS) is 13.5. The molecule has 0 aliphatic carbocycles. The largest absolute Gasteiger partial charge is 0.390 e. The predicted octanol–water partition coefficient (Wildman–Crippen LogP) is 5.54. The van der Waals surface area contributed by atoms with E-state index in [1.54, 1.807) is 108 Å². The topological polar surface area (TPSA) is 162 Å². The summed E-state index contributed by atoms with van der Waals surface area (Å²) in [5, 5.41) is 39.4. The fourth-order valence-corrected chi connectivity index (χ4v) is 5.33. The minimum atomic E-state index is -1.23. The minimum Gasteiger partial charge on any atom is -0.390 e. The number of rotatable bonds is 10. The van der Waals surface area contributed by atoms with Gasteiger partial charge in [0.05, 0.1) is 27.6 Å². The molecule has 4 N–H and O–H groups in total. The molecule has 0 aromatic heterocycles. The van der Waals surface area contributed by atoms with Gasteiger partial charge in [0.1, 0.15) is 5.60 Å². The lowest BCUT2D eigenvalue weighted by atomic mass is 9.50. The number of hydrogen-bond acceptors (Lipinski definition) is 8. The van der Waals surface area contributed by atoms with E-state index in [1.165, 1.54) is 23.6 Å². The van der Waals surface area contributed by atoms with Crippen LogP contribution in [0.3, 0.4) is 0 Å². The molecule has 12 nitrogen and oxygen atoms in total. The maximum Gasteiger partial charge on any atom is 0.253 e.